The molecule has 3 unspecified atom stereocenters. The van der Waals surface area contributed by atoms with Gasteiger partial charge in [0.2, 0.25) is 7.28 Å². The second-order valence-electron chi connectivity index (χ2n) is 9.59. The second kappa shape index (κ2) is 5.19. The molecule has 1 aromatic carbocycles. The molecule has 4 bridgehead atoms. The van der Waals surface area contributed by atoms with E-state index in [1.54, 1.807) is 32.1 Å². The number of piperidine rings is 1. The molecule has 7 rings (SSSR count). The fraction of sp³-hybridized carbons (Fsp3) is 0.591. The Labute approximate surface area is 171 Å². The summed E-state index contributed by atoms with van der Waals surface area (Å²) in [5, 5.41) is 22.6. The monoisotopic (exact) mass is 393 g/mol. The molecule has 2 N–H and O–H groups in total. The van der Waals surface area contributed by atoms with Gasteiger partial charge in [0.1, 0.15) is 11.7 Å². The summed E-state index contributed by atoms with van der Waals surface area (Å²) in [4.78, 5) is 16.7. The van der Waals surface area contributed by atoms with E-state index in [-0.39, 0.29) is 34.5 Å². The molecule has 29 heavy (non-hydrogen) atoms. The van der Waals surface area contributed by atoms with Gasteiger partial charge in [-0.2, -0.15) is 0 Å². The molecule has 6 nitrogen and oxygen atoms in total. The van der Waals surface area contributed by atoms with Crippen LogP contribution in [-0.2, 0) is 11.8 Å². The summed E-state index contributed by atoms with van der Waals surface area (Å²) in [6.07, 6.45) is 6.04. The molecule has 6 atom stereocenters. The van der Waals surface area contributed by atoms with Gasteiger partial charge < -0.3 is 24.7 Å². The Morgan fingerprint density at radius 1 is 1.38 bits per heavy atom. The van der Waals surface area contributed by atoms with Crippen LogP contribution in [0.4, 0.5) is 4.79 Å². The molecule has 2 heterocycles. The fourth-order valence-corrected chi connectivity index (χ4v) is 7.53. The number of likely N-dealkylation sites (tertiary alicyclic amines) is 1. The standard InChI is InChI=1S/C22H26BN2O4/c1-23-19(27)25(3)15-11-20-6-7-22(15,28)18-21(20)8-9-24(2)14(20)10-12-4-5-13(26)17(29-18)16(12)21/h4-7,14-15,18,26,28H,8-11H2,1-3H3/t14-,15?,18?,20-,21+,22?/m1/s1. The van der Waals surface area contributed by atoms with Crippen molar-refractivity contribution in [2.24, 2.45) is 5.41 Å². The highest BCUT2D eigenvalue weighted by atomic mass is 16.5. The first-order valence-corrected chi connectivity index (χ1v) is 10.5. The number of carbonyl (C=O) groups excluding carboxylic acids is 1. The van der Waals surface area contributed by atoms with Gasteiger partial charge in [-0.25, -0.2) is 0 Å². The molecule has 1 amide bonds. The third kappa shape index (κ3) is 1.70. The second-order valence-corrected chi connectivity index (χ2v) is 9.59. The maximum absolute atomic E-state index is 12.6. The number of benzene rings is 1. The van der Waals surface area contributed by atoms with Crippen LogP contribution in [0.1, 0.15) is 24.0 Å². The first kappa shape index (κ1) is 17.8. The van der Waals surface area contributed by atoms with E-state index in [1.807, 2.05) is 12.1 Å². The van der Waals surface area contributed by atoms with E-state index in [2.05, 4.69) is 18.0 Å². The smallest absolute Gasteiger partial charge is 0.229 e. The van der Waals surface area contributed by atoms with Crippen LogP contribution in [0.25, 0.3) is 0 Å². The lowest BCUT2D eigenvalue weighted by molar-refractivity contribution is -0.200. The van der Waals surface area contributed by atoms with Crippen molar-refractivity contribution in [3.05, 3.63) is 35.4 Å². The number of aromatic hydroxyl groups is 1. The molecule has 0 aromatic heterocycles. The molecule has 1 aromatic rings. The number of rotatable bonds is 2. The first-order chi connectivity index (χ1) is 13.8. The number of fused-ring (bicyclic) bond motifs is 1. The number of hydrogen-bond acceptors (Lipinski definition) is 5. The van der Waals surface area contributed by atoms with Gasteiger partial charge in [0, 0.05) is 24.1 Å². The summed E-state index contributed by atoms with van der Waals surface area (Å²) in [6.45, 7) is 2.65. The third-order valence-corrected chi connectivity index (χ3v) is 8.78. The van der Waals surface area contributed by atoms with Crippen LogP contribution in [0.15, 0.2) is 24.3 Å². The Hall–Kier alpha value is -1.99. The molecule has 1 radical (unpaired) electrons. The number of amides is 1. The van der Waals surface area contributed by atoms with Crippen LogP contribution >= 0.6 is 0 Å². The van der Waals surface area contributed by atoms with Crippen LogP contribution in [0.5, 0.6) is 11.5 Å². The van der Waals surface area contributed by atoms with Crippen molar-refractivity contribution < 1.29 is 19.7 Å². The largest absolute Gasteiger partial charge is 0.504 e. The summed E-state index contributed by atoms with van der Waals surface area (Å²) in [7, 11) is 5.50. The van der Waals surface area contributed by atoms with Crippen LogP contribution in [0.2, 0.25) is 6.82 Å². The highest BCUT2D eigenvalue weighted by Gasteiger charge is 2.79. The Bertz CT molecular complexity index is 982. The minimum atomic E-state index is -1.30. The molecular formula is C22H26BN2O4. The number of hydrogen-bond donors (Lipinski definition) is 2. The number of phenolic OH excluding ortho intramolecular Hbond substituents is 1. The lowest BCUT2D eigenvalue weighted by Gasteiger charge is -2.71. The minimum Gasteiger partial charge on any atom is -0.504 e. The zero-order valence-electron chi connectivity index (χ0n) is 17.1. The van der Waals surface area contributed by atoms with E-state index in [1.165, 1.54) is 5.56 Å². The average molecular weight is 393 g/mol. The van der Waals surface area contributed by atoms with Crippen LogP contribution in [0, 0.1) is 5.41 Å². The Morgan fingerprint density at radius 3 is 2.93 bits per heavy atom. The van der Waals surface area contributed by atoms with E-state index >= 15 is 0 Å². The number of ether oxygens (including phenoxy) is 1. The van der Waals surface area contributed by atoms with Crippen molar-refractivity contribution >= 4 is 13.1 Å². The summed E-state index contributed by atoms with van der Waals surface area (Å²) in [6, 6.07) is 3.63. The quantitative estimate of drug-likeness (QED) is 0.589. The summed E-state index contributed by atoms with van der Waals surface area (Å²) >= 11 is 0. The van der Waals surface area contributed by atoms with Gasteiger partial charge in [0.05, 0.1) is 11.5 Å². The molecule has 2 aliphatic heterocycles. The van der Waals surface area contributed by atoms with E-state index in [9.17, 15) is 15.0 Å². The predicted octanol–water partition coefficient (Wildman–Crippen LogP) is 1.51. The maximum atomic E-state index is 12.6. The summed E-state index contributed by atoms with van der Waals surface area (Å²) < 4.78 is 6.45. The van der Waals surface area contributed by atoms with Crippen molar-refractivity contribution in [3.8, 4) is 11.5 Å². The van der Waals surface area contributed by atoms with Gasteiger partial charge in [-0.15, -0.1) is 0 Å². The van der Waals surface area contributed by atoms with Crippen LogP contribution < -0.4 is 4.74 Å². The topological polar surface area (TPSA) is 73.2 Å². The van der Waals surface area contributed by atoms with Crippen molar-refractivity contribution in [2.45, 2.75) is 55.3 Å². The lowest BCUT2D eigenvalue weighted by Crippen LogP contribution is -2.81. The van der Waals surface area contributed by atoms with Gasteiger partial charge >= 0.3 is 0 Å². The molecule has 151 valence electrons. The lowest BCUT2D eigenvalue weighted by atomic mass is 9.38. The molecule has 2 spiro atoms. The van der Waals surface area contributed by atoms with Crippen LogP contribution in [-0.4, -0.2) is 77.5 Å². The van der Waals surface area contributed by atoms with Crippen molar-refractivity contribution in [1.82, 2.24) is 9.80 Å². The zero-order chi connectivity index (χ0) is 20.3. The Balaban J connectivity index is 1.63. The highest BCUT2D eigenvalue weighted by Crippen LogP contribution is 2.73. The number of nitrogens with zero attached hydrogens (tertiary/aromatic N) is 2. The molecule has 6 aliphatic rings. The maximum Gasteiger partial charge on any atom is 0.229 e. The third-order valence-electron chi connectivity index (χ3n) is 8.78. The Kier molecular flexibility index (Phi) is 3.19. The Morgan fingerprint density at radius 2 is 2.17 bits per heavy atom. The molecule has 4 aliphatic carbocycles. The molecule has 1 saturated heterocycles. The normalized spacial score (nSPS) is 43.0. The van der Waals surface area contributed by atoms with Gasteiger partial charge in [0.15, 0.2) is 17.3 Å². The number of phenols is 1. The number of aliphatic hydroxyl groups is 1. The molecular weight excluding hydrogens is 367 g/mol. The van der Waals surface area contributed by atoms with Crippen molar-refractivity contribution in [2.75, 3.05) is 20.6 Å². The van der Waals surface area contributed by atoms with E-state index in [0.29, 0.717) is 12.2 Å². The molecule has 7 heteroatoms. The fourth-order valence-electron chi connectivity index (χ4n) is 7.53. The van der Waals surface area contributed by atoms with E-state index < -0.39 is 11.7 Å². The highest BCUT2D eigenvalue weighted by molar-refractivity contribution is 6.72. The van der Waals surface area contributed by atoms with Gasteiger partial charge in [-0.05, 0) is 44.5 Å². The minimum absolute atomic E-state index is 0.0943. The van der Waals surface area contributed by atoms with Gasteiger partial charge in [-0.3, -0.25) is 4.79 Å². The number of carbonyl (C=O) groups is 1. The van der Waals surface area contributed by atoms with Crippen molar-refractivity contribution in [3.63, 3.8) is 0 Å². The van der Waals surface area contributed by atoms with Gasteiger partial charge in [0.25, 0.3) is 0 Å². The number of likely N-dealkylation sites (N-methyl/N-ethyl adjacent to an activating group) is 2. The van der Waals surface area contributed by atoms with Crippen LogP contribution in [0.3, 0.4) is 0 Å². The molecule has 2 fully saturated rings. The van der Waals surface area contributed by atoms with Gasteiger partial charge in [-0.1, -0.05) is 25.0 Å². The van der Waals surface area contributed by atoms with E-state index in [0.717, 1.165) is 24.9 Å². The first-order valence-electron chi connectivity index (χ1n) is 10.5. The summed E-state index contributed by atoms with van der Waals surface area (Å²) in [5.74, 6) is 0.591. The van der Waals surface area contributed by atoms with E-state index in [4.69, 9.17) is 4.74 Å². The average Bonchev–Trinajstić information content (AvgIpc) is 3.09. The molecule has 1 saturated carbocycles. The summed E-state index contributed by atoms with van der Waals surface area (Å²) in [5.41, 5.74) is 0.411. The van der Waals surface area contributed by atoms with Crippen molar-refractivity contribution in [1.29, 1.82) is 0 Å². The SMILES string of the molecule is C[B]C(=O)N(C)C1C[C@@]23C=CC1(O)C1Oc4c(O)ccc5c4[C@@]12CCN(C)[C@@H]3C5. The predicted molar refractivity (Wildman–Crippen MR) is 109 cm³/mol. The zero-order valence-corrected chi connectivity index (χ0v) is 17.1.